The minimum atomic E-state index is 0.230. The lowest BCUT2D eigenvalue weighted by Crippen LogP contribution is -1.99. The molecule has 1 saturated heterocycles. The zero-order valence-electron chi connectivity index (χ0n) is 7.24. The minimum Gasteiger partial charge on any atom is -0.368 e. The molecule has 0 spiro atoms. The molecule has 1 unspecified atom stereocenters. The van der Waals surface area contributed by atoms with E-state index < -0.39 is 0 Å². The van der Waals surface area contributed by atoms with E-state index in [2.05, 4.69) is 20.5 Å². The van der Waals surface area contributed by atoms with Crippen molar-refractivity contribution in [2.24, 2.45) is 0 Å². The van der Waals surface area contributed by atoms with Gasteiger partial charge in [0.25, 0.3) is 0 Å². The Bertz CT molecular complexity index is 437. The number of pyridine rings is 1. The monoisotopic (exact) mass is 189 g/mol. The lowest BCUT2D eigenvalue weighted by molar-refractivity contribution is 0.415. The SMILES string of the molecule is c1cc(C2CO2)cc(-n2cnnn2)n1. The van der Waals surface area contributed by atoms with E-state index in [1.807, 2.05) is 12.1 Å². The van der Waals surface area contributed by atoms with Crippen LogP contribution in [0.15, 0.2) is 24.7 Å². The van der Waals surface area contributed by atoms with E-state index in [1.165, 1.54) is 11.0 Å². The van der Waals surface area contributed by atoms with Gasteiger partial charge >= 0.3 is 0 Å². The number of rotatable bonds is 2. The average molecular weight is 189 g/mol. The third kappa shape index (κ3) is 1.25. The van der Waals surface area contributed by atoms with Crippen LogP contribution in [0.4, 0.5) is 0 Å². The van der Waals surface area contributed by atoms with E-state index in [-0.39, 0.29) is 6.10 Å². The molecular weight excluding hydrogens is 182 g/mol. The third-order valence-corrected chi connectivity index (χ3v) is 2.06. The van der Waals surface area contributed by atoms with Crippen molar-refractivity contribution in [1.82, 2.24) is 25.2 Å². The predicted octanol–water partition coefficient (Wildman–Crippen LogP) is 0.129. The molecule has 2 aromatic rings. The Kier molecular flexibility index (Phi) is 1.54. The Morgan fingerprint density at radius 1 is 1.50 bits per heavy atom. The van der Waals surface area contributed by atoms with E-state index in [0.717, 1.165) is 12.2 Å². The summed E-state index contributed by atoms with van der Waals surface area (Å²) in [6, 6.07) is 3.86. The molecule has 1 aliphatic rings. The molecule has 2 aromatic heterocycles. The van der Waals surface area contributed by atoms with Gasteiger partial charge in [-0.3, -0.25) is 0 Å². The van der Waals surface area contributed by atoms with Crippen LogP contribution in [-0.2, 0) is 4.74 Å². The van der Waals surface area contributed by atoms with Crippen molar-refractivity contribution in [3.8, 4) is 5.82 Å². The molecule has 0 radical (unpaired) electrons. The first-order chi connectivity index (χ1) is 6.93. The largest absolute Gasteiger partial charge is 0.368 e. The van der Waals surface area contributed by atoms with E-state index in [9.17, 15) is 0 Å². The number of nitrogens with zero attached hydrogens (tertiary/aromatic N) is 5. The lowest BCUT2D eigenvalue weighted by atomic mass is 10.2. The summed E-state index contributed by atoms with van der Waals surface area (Å²) in [6.45, 7) is 0.791. The van der Waals surface area contributed by atoms with Crippen molar-refractivity contribution in [1.29, 1.82) is 0 Å². The maximum Gasteiger partial charge on any atom is 0.157 e. The van der Waals surface area contributed by atoms with Crippen LogP contribution in [0, 0.1) is 0 Å². The second kappa shape index (κ2) is 2.85. The fraction of sp³-hybridized carbons (Fsp3) is 0.250. The topological polar surface area (TPSA) is 69.0 Å². The second-order valence-corrected chi connectivity index (χ2v) is 3.02. The third-order valence-electron chi connectivity index (χ3n) is 2.06. The van der Waals surface area contributed by atoms with Gasteiger partial charge in [-0.15, -0.1) is 5.10 Å². The van der Waals surface area contributed by atoms with Crippen LogP contribution >= 0.6 is 0 Å². The van der Waals surface area contributed by atoms with Gasteiger partial charge in [-0.1, -0.05) is 0 Å². The van der Waals surface area contributed by atoms with Gasteiger partial charge in [0.1, 0.15) is 12.4 Å². The summed E-state index contributed by atoms with van der Waals surface area (Å²) in [6.07, 6.45) is 3.47. The number of tetrazole rings is 1. The molecule has 6 nitrogen and oxygen atoms in total. The Hall–Kier alpha value is -1.82. The molecule has 0 bridgehead atoms. The van der Waals surface area contributed by atoms with E-state index in [4.69, 9.17) is 4.74 Å². The van der Waals surface area contributed by atoms with Gasteiger partial charge in [-0.2, -0.15) is 4.68 Å². The molecule has 0 N–H and O–H groups in total. The van der Waals surface area contributed by atoms with Gasteiger partial charge in [0, 0.05) is 6.20 Å². The van der Waals surface area contributed by atoms with Crippen LogP contribution in [0.5, 0.6) is 0 Å². The molecule has 0 amide bonds. The minimum absolute atomic E-state index is 0.230. The summed E-state index contributed by atoms with van der Waals surface area (Å²) in [4.78, 5) is 4.16. The van der Waals surface area contributed by atoms with Crippen molar-refractivity contribution < 1.29 is 4.74 Å². The molecule has 0 aliphatic carbocycles. The summed E-state index contributed by atoms with van der Waals surface area (Å²) in [5.41, 5.74) is 1.12. The second-order valence-electron chi connectivity index (χ2n) is 3.02. The molecule has 3 heterocycles. The van der Waals surface area contributed by atoms with Crippen LogP contribution < -0.4 is 0 Å². The Labute approximate surface area is 79.5 Å². The maximum absolute atomic E-state index is 5.18. The Balaban J connectivity index is 2.02. The number of hydrogen-bond donors (Lipinski definition) is 0. The average Bonchev–Trinajstić information content (AvgIpc) is 2.94. The predicted molar refractivity (Wildman–Crippen MR) is 45.6 cm³/mol. The molecule has 0 saturated carbocycles. The number of aromatic nitrogens is 5. The summed E-state index contributed by atoms with van der Waals surface area (Å²) in [5, 5.41) is 10.9. The zero-order chi connectivity index (χ0) is 9.38. The van der Waals surface area contributed by atoms with Gasteiger partial charge in [-0.25, -0.2) is 4.98 Å². The molecule has 1 atom stereocenters. The molecule has 14 heavy (non-hydrogen) atoms. The van der Waals surface area contributed by atoms with Gasteiger partial charge in [0.2, 0.25) is 0 Å². The molecule has 1 aliphatic heterocycles. The smallest absolute Gasteiger partial charge is 0.157 e. The fourth-order valence-corrected chi connectivity index (χ4v) is 1.27. The van der Waals surface area contributed by atoms with Crippen LogP contribution in [0.25, 0.3) is 5.82 Å². The first kappa shape index (κ1) is 7.57. The van der Waals surface area contributed by atoms with Crippen LogP contribution in [0.2, 0.25) is 0 Å². The summed E-state index contributed by atoms with van der Waals surface area (Å²) in [5.74, 6) is 0.711. The normalized spacial score (nSPS) is 19.6. The number of ether oxygens (including phenoxy) is 1. The summed E-state index contributed by atoms with van der Waals surface area (Å²) in [7, 11) is 0. The van der Waals surface area contributed by atoms with E-state index >= 15 is 0 Å². The Morgan fingerprint density at radius 2 is 2.43 bits per heavy atom. The van der Waals surface area contributed by atoms with Crippen molar-refractivity contribution in [3.63, 3.8) is 0 Å². The number of epoxide rings is 1. The summed E-state index contributed by atoms with van der Waals surface area (Å²) < 4.78 is 6.70. The van der Waals surface area contributed by atoms with Crippen LogP contribution in [0.3, 0.4) is 0 Å². The maximum atomic E-state index is 5.18. The first-order valence-electron chi connectivity index (χ1n) is 4.24. The van der Waals surface area contributed by atoms with Crippen LogP contribution in [0.1, 0.15) is 11.7 Å². The van der Waals surface area contributed by atoms with E-state index in [1.54, 1.807) is 6.20 Å². The van der Waals surface area contributed by atoms with Gasteiger partial charge in [-0.05, 0) is 28.1 Å². The number of hydrogen-bond acceptors (Lipinski definition) is 5. The first-order valence-corrected chi connectivity index (χ1v) is 4.24. The quantitative estimate of drug-likeness (QED) is 0.628. The molecule has 0 aromatic carbocycles. The highest BCUT2D eigenvalue weighted by Crippen LogP contribution is 2.29. The van der Waals surface area contributed by atoms with Crippen molar-refractivity contribution in [3.05, 3.63) is 30.2 Å². The van der Waals surface area contributed by atoms with Crippen LogP contribution in [-0.4, -0.2) is 31.8 Å². The van der Waals surface area contributed by atoms with Gasteiger partial charge < -0.3 is 4.74 Å². The van der Waals surface area contributed by atoms with Crippen molar-refractivity contribution in [2.45, 2.75) is 6.10 Å². The highest BCUT2D eigenvalue weighted by Gasteiger charge is 2.25. The highest BCUT2D eigenvalue weighted by molar-refractivity contribution is 5.29. The summed E-state index contributed by atoms with van der Waals surface area (Å²) >= 11 is 0. The highest BCUT2D eigenvalue weighted by atomic mass is 16.6. The van der Waals surface area contributed by atoms with Gasteiger partial charge in [0.05, 0.1) is 6.61 Å². The lowest BCUT2D eigenvalue weighted by Gasteiger charge is -1.99. The van der Waals surface area contributed by atoms with E-state index in [0.29, 0.717) is 5.82 Å². The molecular formula is C8H7N5O. The van der Waals surface area contributed by atoms with Gasteiger partial charge in [0.15, 0.2) is 5.82 Å². The molecule has 70 valence electrons. The molecule has 1 fully saturated rings. The van der Waals surface area contributed by atoms with Crippen molar-refractivity contribution >= 4 is 0 Å². The van der Waals surface area contributed by atoms with Crippen molar-refractivity contribution in [2.75, 3.05) is 6.61 Å². The fourth-order valence-electron chi connectivity index (χ4n) is 1.27. The molecule has 3 rings (SSSR count). The standard InChI is InChI=1S/C8H7N5O/c1-2-9-8(13-5-10-11-12-13)3-6(1)7-4-14-7/h1-3,5,7H,4H2. The molecule has 6 heteroatoms. The Morgan fingerprint density at radius 3 is 3.14 bits per heavy atom. The zero-order valence-corrected chi connectivity index (χ0v) is 7.24.